The van der Waals surface area contributed by atoms with Crippen LogP contribution in [-0.4, -0.2) is 7.05 Å². The minimum Gasteiger partial charge on any atom is -0.344 e. The van der Waals surface area contributed by atoms with Crippen molar-refractivity contribution in [1.29, 1.82) is 0 Å². The lowest BCUT2D eigenvalue weighted by Crippen LogP contribution is -2.20. The third-order valence-corrected chi connectivity index (χ3v) is 7.00. The highest BCUT2D eigenvalue weighted by Crippen LogP contribution is 2.48. The lowest BCUT2D eigenvalue weighted by Gasteiger charge is -2.34. The first-order valence-corrected chi connectivity index (χ1v) is 11.4. The number of hydrogen-bond donors (Lipinski definition) is 0. The predicted octanol–water partition coefficient (Wildman–Crippen LogP) is 8.78. The molecule has 0 aromatic heterocycles. The number of rotatable bonds is 2. The van der Waals surface area contributed by atoms with E-state index in [-0.39, 0.29) is 5.41 Å². The standard InChI is InChI=1S/C30H31N/c1-6-26(30(2,3)4)29-23-14-10-8-12-21(23)19-28-25(29)17-16-24-22-13-9-7-11-20(22)15-18-27(24)31(28)5/h7-19,26H,6H2,1-5H3. The zero-order valence-electron chi connectivity index (χ0n) is 19.2. The molecule has 0 aliphatic carbocycles. The third kappa shape index (κ3) is 3.15. The fourth-order valence-electron chi connectivity index (χ4n) is 5.50. The fourth-order valence-corrected chi connectivity index (χ4v) is 5.50. The quantitative estimate of drug-likeness (QED) is 0.322. The lowest BCUT2D eigenvalue weighted by atomic mass is 9.72. The summed E-state index contributed by atoms with van der Waals surface area (Å²) in [5.74, 6) is 0.475. The normalized spacial score (nSPS) is 14.4. The van der Waals surface area contributed by atoms with Crippen molar-refractivity contribution < 1.29 is 0 Å². The Hall–Kier alpha value is -3.06. The molecule has 0 saturated heterocycles. The Labute approximate surface area is 186 Å². The van der Waals surface area contributed by atoms with E-state index in [1.807, 2.05) is 0 Å². The van der Waals surface area contributed by atoms with Gasteiger partial charge in [-0.25, -0.2) is 0 Å². The maximum absolute atomic E-state index is 2.39. The van der Waals surface area contributed by atoms with Crippen LogP contribution in [0.5, 0.6) is 0 Å². The van der Waals surface area contributed by atoms with Crippen LogP contribution < -0.4 is 4.90 Å². The molecule has 1 aliphatic rings. The van der Waals surface area contributed by atoms with Crippen LogP contribution in [0.4, 0.5) is 11.4 Å². The van der Waals surface area contributed by atoms with E-state index in [9.17, 15) is 0 Å². The first-order valence-electron chi connectivity index (χ1n) is 11.4. The zero-order chi connectivity index (χ0) is 21.8. The van der Waals surface area contributed by atoms with E-state index in [0.29, 0.717) is 5.92 Å². The highest BCUT2D eigenvalue weighted by atomic mass is 15.1. The molecule has 0 N–H and O–H groups in total. The molecule has 1 heterocycles. The molecule has 0 fully saturated rings. The number of benzene rings is 4. The van der Waals surface area contributed by atoms with Crippen LogP contribution in [0.3, 0.4) is 0 Å². The Morgan fingerprint density at radius 3 is 2.10 bits per heavy atom. The van der Waals surface area contributed by atoms with E-state index in [1.54, 1.807) is 0 Å². The second kappa shape index (κ2) is 7.27. The molecule has 0 bridgehead atoms. The monoisotopic (exact) mass is 405 g/mol. The van der Waals surface area contributed by atoms with Crippen molar-refractivity contribution in [3.8, 4) is 0 Å². The molecule has 1 unspecified atom stereocenters. The van der Waals surface area contributed by atoms with Gasteiger partial charge in [-0.1, -0.05) is 94.4 Å². The van der Waals surface area contributed by atoms with Crippen LogP contribution in [0.25, 0.3) is 33.7 Å². The van der Waals surface area contributed by atoms with Gasteiger partial charge in [0.25, 0.3) is 0 Å². The predicted molar refractivity (Wildman–Crippen MR) is 137 cm³/mol. The van der Waals surface area contributed by atoms with E-state index in [4.69, 9.17) is 0 Å². The first kappa shape index (κ1) is 19.9. The lowest BCUT2D eigenvalue weighted by molar-refractivity contribution is 0.314. The Balaban J connectivity index is 1.87. The molecule has 5 rings (SSSR count). The van der Waals surface area contributed by atoms with Gasteiger partial charge in [-0.3, -0.25) is 0 Å². The number of hydrogen-bond acceptors (Lipinski definition) is 1. The SMILES string of the molecule is CCC(c1c2c(cc3ccccc13)N(C)c1ccc3ccccc3c1C=C2)C(C)(C)C. The van der Waals surface area contributed by atoms with Gasteiger partial charge < -0.3 is 4.90 Å². The van der Waals surface area contributed by atoms with Crippen molar-refractivity contribution in [3.63, 3.8) is 0 Å². The molecular weight excluding hydrogens is 374 g/mol. The molecule has 1 atom stereocenters. The Bertz CT molecular complexity index is 1320. The number of nitrogens with zero attached hydrogens (tertiary/aromatic N) is 1. The van der Waals surface area contributed by atoms with Crippen LogP contribution in [0.2, 0.25) is 0 Å². The summed E-state index contributed by atoms with van der Waals surface area (Å²) in [6, 6.07) is 24.5. The summed E-state index contributed by atoms with van der Waals surface area (Å²) in [7, 11) is 2.22. The van der Waals surface area contributed by atoms with Crippen molar-refractivity contribution in [3.05, 3.63) is 83.4 Å². The van der Waals surface area contributed by atoms with E-state index < -0.39 is 0 Å². The van der Waals surface area contributed by atoms with Gasteiger partial charge >= 0.3 is 0 Å². The highest BCUT2D eigenvalue weighted by molar-refractivity contribution is 6.05. The minimum absolute atomic E-state index is 0.185. The summed E-state index contributed by atoms with van der Waals surface area (Å²) in [4.78, 5) is 2.39. The van der Waals surface area contributed by atoms with Crippen molar-refractivity contribution in [1.82, 2.24) is 0 Å². The van der Waals surface area contributed by atoms with Crippen molar-refractivity contribution in [2.24, 2.45) is 5.41 Å². The third-order valence-electron chi connectivity index (χ3n) is 7.00. The van der Waals surface area contributed by atoms with Crippen molar-refractivity contribution in [2.45, 2.75) is 40.0 Å². The average molecular weight is 406 g/mol. The van der Waals surface area contributed by atoms with E-state index >= 15 is 0 Å². The minimum atomic E-state index is 0.185. The maximum Gasteiger partial charge on any atom is 0.0491 e. The largest absolute Gasteiger partial charge is 0.344 e. The first-order chi connectivity index (χ1) is 14.9. The van der Waals surface area contributed by atoms with Crippen LogP contribution in [0, 0.1) is 5.41 Å². The van der Waals surface area contributed by atoms with Gasteiger partial charge in [0, 0.05) is 29.5 Å². The molecule has 4 aromatic rings. The van der Waals surface area contributed by atoms with Crippen LogP contribution in [0.15, 0.2) is 66.7 Å². The second-order valence-corrected chi connectivity index (χ2v) is 9.88. The molecule has 1 aliphatic heterocycles. The molecule has 156 valence electrons. The Morgan fingerprint density at radius 2 is 1.39 bits per heavy atom. The summed E-state index contributed by atoms with van der Waals surface area (Å²) in [6.07, 6.45) is 5.84. The topological polar surface area (TPSA) is 3.24 Å². The molecule has 1 nitrogen and oxygen atoms in total. The van der Waals surface area contributed by atoms with Gasteiger partial charge in [0.05, 0.1) is 0 Å². The van der Waals surface area contributed by atoms with Gasteiger partial charge in [0.2, 0.25) is 0 Å². The molecule has 31 heavy (non-hydrogen) atoms. The molecule has 0 saturated carbocycles. The Morgan fingerprint density at radius 1 is 0.742 bits per heavy atom. The summed E-state index contributed by atoms with van der Waals surface area (Å²) in [5.41, 5.74) is 6.90. The molecule has 0 amide bonds. The van der Waals surface area contributed by atoms with Gasteiger partial charge in [0.15, 0.2) is 0 Å². The molecule has 0 radical (unpaired) electrons. The average Bonchev–Trinajstić information content (AvgIpc) is 2.90. The fraction of sp³-hybridized carbons (Fsp3) is 0.267. The van der Waals surface area contributed by atoms with Crippen molar-refractivity contribution >= 4 is 45.1 Å². The summed E-state index contributed by atoms with van der Waals surface area (Å²) in [6.45, 7) is 9.46. The zero-order valence-corrected chi connectivity index (χ0v) is 19.2. The van der Waals surface area contributed by atoms with E-state index in [2.05, 4.69) is 119 Å². The smallest absolute Gasteiger partial charge is 0.0491 e. The van der Waals surface area contributed by atoms with Gasteiger partial charge in [-0.05, 0) is 57.0 Å². The summed E-state index contributed by atoms with van der Waals surface area (Å²) >= 11 is 0. The molecular formula is C30H31N. The van der Waals surface area contributed by atoms with Gasteiger partial charge in [-0.15, -0.1) is 0 Å². The second-order valence-electron chi connectivity index (χ2n) is 9.88. The number of fused-ring (bicyclic) bond motifs is 5. The summed E-state index contributed by atoms with van der Waals surface area (Å²) < 4.78 is 0. The molecule has 0 spiro atoms. The van der Waals surface area contributed by atoms with Crippen molar-refractivity contribution in [2.75, 3.05) is 11.9 Å². The van der Waals surface area contributed by atoms with Gasteiger partial charge in [-0.2, -0.15) is 0 Å². The number of anilines is 2. The van der Waals surface area contributed by atoms with Crippen LogP contribution in [-0.2, 0) is 0 Å². The van der Waals surface area contributed by atoms with Crippen LogP contribution in [0.1, 0.15) is 56.7 Å². The summed E-state index contributed by atoms with van der Waals surface area (Å²) in [5, 5.41) is 5.31. The Kier molecular flexibility index (Phi) is 4.66. The van der Waals surface area contributed by atoms with Gasteiger partial charge in [0.1, 0.15) is 0 Å². The van der Waals surface area contributed by atoms with Crippen LogP contribution >= 0.6 is 0 Å². The maximum atomic E-state index is 2.39. The van der Waals surface area contributed by atoms with E-state index in [1.165, 1.54) is 49.6 Å². The highest BCUT2D eigenvalue weighted by Gasteiger charge is 2.30. The van der Waals surface area contributed by atoms with E-state index in [0.717, 1.165) is 6.42 Å². The molecule has 4 aromatic carbocycles. The molecule has 1 heteroatoms.